The molecule has 0 fully saturated rings. The molecule has 0 radical (unpaired) electrons. The molecule has 0 aromatic rings. The number of hydrogen-bond acceptors (Lipinski definition) is 1. The van der Waals surface area contributed by atoms with Gasteiger partial charge in [-0.2, -0.15) is 0 Å². The highest BCUT2D eigenvalue weighted by molar-refractivity contribution is 5.18. The first-order valence-corrected chi connectivity index (χ1v) is 8.56. The average molecular weight is 303 g/mol. The van der Waals surface area contributed by atoms with Crippen LogP contribution in [0, 0.1) is 5.92 Å². The molecular weight excluding hydrogens is 268 g/mol. The third kappa shape index (κ3) is 7.26. The fourth-order valence-electron chi connectivity index (χ4n) is 2.66. The summed E-state index contributed by atoms with van der Waals surface area (Å²) < 4.78 is 5.43. The molecule has 0 N–H and O–H groups in total. The minimum atomic E-state index is -0.192. The lowest BCUT2D eigenvalue weighted by Crippen LogP contribution is -2.18. The molecular formula is C21H34O. The molecule has 0 aliphatic heterocycles. The molecule has 1 aliphatic carbocycles. The minimum absolute atomic E-state index is 0.192. The monoisotopic (exact) mass is 302 g/mol. The van der Waals surface area contributed by atoms with Crippen molar-refractivity contribution >= 4 is 0 Å². The Hall–Kier alpha value is -1.08. The zero-order valence-corrected chi connectivity index (χ0v) is 15.4. The van der Waals surface area contributed by atoms with Gasteiger partial charge in [-0.25, -0.2) is 0 Å². The lowest BCUT2D eigenvalue weighted by atomic mass is 9.88. The molecule has 0 saturated heterocycles. The Bertz CT molecular complexity index is 460. The van der Waals surface area contributed by atoms with Crippen LogP contribution in [0.2, 0.25) is 0 Å². The Labute approximate surface area is 137 Å². The van der Waals surface area contributed by atoms with Crippen molar-refractivity contribution in [3.63, 3.8) is 0 Å². The summed E-state index contributed by atoms with van der Waals surface area (Å²) in [6.45, 7) is 11.0. The van der Waals surface area contributed by atoms with Crippen LogP contribution in [0.5, 0.6) is 0 Å². The van der Waals surface area contributed by atoms with Crippen molar-refractivity contribution in [3.05, 3.63) is 47.1 Å². The minimum Gasteiger partial charge on any atom is -0.375 e. The number of allylic oxidation sites excluding steroid dienone is 7. The van der Waals surface area contributed by atoms with Crippen LogP contribution in [0.4, 0.5) is 0 Å². The fraction of sp³-hybridized carbons (Fsp3) is 0.619. The van der Waals surface area contributed by atoms with Crippen molar-refractivity contribution in [2.45, 2.75) is 72.3 Å². The third-order valence-electron chi connectivity index (χ3n) is 4.70. The van der Waals surface area contributed by atoms with Crippen LogP contribution < -0.4 is 0 Å². The number of methoxy groups -OCH3 is 1. The van der Waals surface area contributed by atoms with Crippen molar-refractivity contribution in [3.8, 4) is 0 Å². The second kappa shape index (κ2) is 9.15. The van der Waals surface area contributed by atoms with E-state index in [1.165, 1.54) is 43.3 Å². The molecule has 0 saturated carbocycles. The van der Waals surface area contributed by atoms with Crippen LogP contribution in [0.25, 0.3) is 0 Å². The van der Waals surface area contributed by atoms with E-state index in [4.69, 9.17) is 4.74 Å². The van der Waals surface area contributed by atoms with Crippen LogP contribution in [-0.4, -0.2) is 12.7 Å². The molecule has 1 atom stereocenters. The van der Waals surface area contributed by atoms with Gasteiger partial charge in [0.1, 0.15) is 0 Å². The van der Waals surface area contributed by atoms with Crippen LogP contribution in [0.15, 0.2) is 47.1 Å². The number of rotatable bonds is 4. The van der Waals surface area contributed by atoms with E-state index in [9.17, 15) is 0 Å². The highest BCUT2D eigenvalue weighted by atomic mass is 16.5. The Morgan fingerprint density at radius 1 is 1.18 bits per heavy atom. The first kappa shape index (κ1) is 19.0. The summed E-state index contributed by atoms with van der Waals surface area (Å²) >= 11 is 0. The Morgan fingerprint density at radius 3 is 2.55 bits per heavy atom. The van der Waals surface area contributed by atoms with E-state index < -0.39 is 0 Å². The Balaban J connectivity index is 2.79. The van der Waals surface area contributed by atoms with Gasteiger partial charge in [0, 0.05) is 7.11 Å². The predicted octanol–water partition coefficient (Wildman–Crippen LogP) is 6.39. The van der Waals surface area contributed by atoms with Gasteiger partial charge >= 0.3 is 0 Å². The second-order valence-corrected chi connectivity index (χ2v) is 7.19. The summed E-state index contributed by atoms with van der Waals surface area (Å²) in [4.78, 5) is 0. The predicted molar refractivity (Wildman–Crippen MR) is 98.1 cm³/mol. The van der Waals surface area contributed by atoms with Gasteiger partial charge in [-0.3, -0.25) is 0 Å². The van der Waals surface area contributed by atoms with Crippen LogP contribution in [0.3, 0.4) is 0 Å². The smallest absolute Gasteiger partial charge is 0.0805 e. The maximum Gasteiger partial charge on any atom is 0.0805 e. The zero-order chi connectivity index (χ0) is 16.6. The van der Waals surface area contributed by atoms with Crippen molar-refractivity contribution in [1.82, 2.24) is 0 Å². The molecule has 1 aliphatic rings. The first-order chi connectivity index (χ1) is 10.3. The van der Waals surface area contributed by atoms with Crippen molar-refractivity contribution in [2.75, 3.05) is 7.11 Å². The van der Waals surface area contributed by atoms with Crippen molar-refractivity contribution in [1.29, 1.82) is 0 Å². The Morgan fingerprint density at radius 2 is 1.86 bits per heavy atom. The largest absolute Gasteiger partial charge is 0.375 e. The van der Waals surface area contributed by atoms with Gasteiger partial charge in [-0.1, -0.05) is 47.1 Å². The zero-order valence-electron chi connectivity index (χ0n) is 15.4. The molecule has 0 aromatic heterocycles. The van der Waals surface area contributed by atoms with Crippen LogP contribution in [-0.2, 0) is 4.74 Å². The van der Waals surface area contributed by atoms with Crippen LogP contribution >= 0.6 is 0 Å². The summed E-state index contributed by atoms with van der Waals surface area (Å²) in [5, 5.41) is 0. The average Bonchev–Trinajstić information content (AvgIpc) is 2.46. The molecule has 22 heavy (non-hydrogen) atoms. The molecule has 0 bridgehead atoms. The molecule has 0 aromatic carbocycles. The van der Waals surface area contributed by atoms with E-state index in [2.05, 4.69) is 65.0 Å². The molecule has 124 valence electrons. The van der Waals surface area contributed by atoms with Gasteiger partial charge in [0.25, 0.3) is 0 Å². The molecule has 1 nitrogen and oxygen atoms in total. The molecule has 0 amide bonds. The van der Waals surface area contributed by atoms with E-state index in [0.29, 0.717) is 5.92 Å². The SMILES string of the molecule is COC(C)(C)/C=C/C=C(\C)C1C/C=C(\C)CC/C=C(\C)CC1. The summed E-state index contributed by atoms with van der Waals surface area (Å²) in [6, 6.07) is 0. The van der Waals surface area contributed by atoms with E-state index in [0.717, 1.165) is 0 Å². The number of ether oxygens (including phenoxy) is 1. The maximum atomic E-state index is 5.43. The van der Waals surface area contributed by atoms with Gasteiger partial charge in [0.2, 0.25) is 0 Å². The van der Waals surface area contributed by atoms with E-state index >= 15 is 0 Å². The third-order valence-corrected chi connectivity index (χ3v) is 4.70. The molecule has 1 unspecified atom stereocenters. The summed E-state index contributed by atoms with van der Waals surface area (Å²) in [5.41, 5.74) is 4.35. The summed E-state index contributed by atoms with van der Waals surface area (Å²) in [7, 11) is 1.75. The summed E-state index contributed by atoms with van der Waals surface area (Å²) in [6.07, 6.45) is 17.4. The second-order valence-electron chi connectivity index (χ2n) is 7.19. The first-order valence-electron chi connectivity index (χ1n) is 8.56. The lowest BCUT2D eigenvalue weighted by Gasteiger charge is -2.19. The fourth-order valence-corrected chi connectivity index (χ4v) is 2.66. The normalized spacial score (nSPS) is 27.2. The van der Waals surface area contributed by atoms with Gasteiger partial charge in [-0.15, -0.1) is 0 Å². The molecule has 1 rings (SSSR count). The highest BCUT2D eigenvalue weighted by Gasteiger charge is 2.12. The maximum absolute atomic E-state index is 5.43. The quantitative estimate of drug-likeness (QED) is 0.432. The van der Waals surface area contributed by atoms with Gasteiger partial charge < -0.3 is 4.74 Å². The molecule has 0 heterocycles. The van der Waals surface area contributed by atoms with Gasteiger partial charge in [-0.05, 0) is 72.6 Å². The van der Waals surface area contributed by atoms with Crippen molar-refractivity contribution in [2.24, 2.45) is 5.92 Å². The Kier molecular flexibility index (Phi) is 7.89. The number of hydrogen-bond donors (Lipinski definition) is 0. The van der Waals surface area contributed by atoms with Gasteiger partial charge in [0.15, 0.2) is 0 Å². The molecule has 1 heteroatoms. The van der Waals surface area contributed by atoms with Gasteiger partial charge in [0.05, 0.1) is 5.60 Å². The van der Waals surface area contributed by atoms with Crippen LogP contribution in [0.1, 0.15) is 66.7 Å². The van der Waals surface area contributed by atoms with E-state index in [-0.39, 0.29) is 5.60 Å². The van der Waals surface area contributed by atoms with E-state index in [1.54, 1.807) is 12.7 Å². The topological polar surface area (TPSA) is 9.23 Å². The highest BCUT2D eigenvalue weighted by Crippen LogP contribution is 2.26. The standard InChI is InChI=1S/C21H34O/c1-17-9-7-10-18(2)13-15-20(14-12-17)19(3)11-8-16-21(4,5)22-6/h8-9,11,13,16,20H,7,10,12,14-15H2,1-6H3/b16-8+,17-9+,18-13+,19-11+. The lowest BCUT2D eigenvalue weighted by molar-refractivity contribution is 0.0656. The van der Waals surface area contributed by atoms with Crippen molar-refractivity contribution < 1.29 is 4.74 Å². The summed E-state index contributed by atoms with van der Waals surface area (Å²) in [5.74, 6) is 0.645. The molecule has 0 spiro atoms. The van der Waals surface area contributed by atoms with E-state index in [1.807, 2.05) is 0 Å².